The summed E-state index contributed by atoms with van der Waals surface area (Å²) in [6, 6.07) is 15.1. The molecule has 0 saturated carbocycles. The Labute approximate surface area is 154 Å². The summed E-state index contributed by atoms with van der Waals surface area (Å²) in [6.07, 6.45) is 1.69. The molecule has 0 radical (unpaired) electrons. The molecule has 25 heavy (non-hydrogen) atoms. The number of rotatable bonds is 1. The lowest BCUT2D eigenvalue weighted by Gasteiger charge is -2.27. The molecule has 4 nitrogen and oxygen atoms in total. The molecular formula is C19H11Cl2N3O. The second-order valence-electron chi connectivity index (χ2n) is 5.63. The Hall–Kier alpha value is -2.74. The van der Waals surface area contributed by atoms with Crippen molar-refractivity contribution in [2.45, 2.75) is 5.92 Å². The zero-order chi connectivity index (χ0) is 17.6. The minimum atomic E-state index is -0.466. The standard InChI is InChI=1S/C19H11Cl2N3O/c20-14-5-1-4-11(16(14)21)15-12-7-6-10-3-2-8-24-17(10)18(12)25-19(23)13(15)9-22/h1-8,15H,23H2. The average molecular weight is 368 g/mol. The maximum absolute atomic E-state index is 9.63. The fourth-order valence-corrected chi connectivity index (χ4v) is 3.53. The molecule has 2 N–H and O–H groups in total. The molecule has 2 aromatic carbocycles. The number of hydrogen-bond donors (Lipinski definition) is 1. The summed E-state index contributed by atoms with van der Waals surface area (Å²) in [7, 11) is 0. The quantitative estimate of drug-likeness (QED) is 0.672. The third-order valence-corrected chi connectivity index (χ3v) is 5.08. The van der Waals surface area contributed by atoms with Crippen LogP contribution in [0.4, 0.5) is 0 Å². The summed E-state index contributed by atoms with van der Waals surface area (Å²) >= 11 is 12.6. The number of nitriles is 1. The maximum Gasteiger partial charge on any atom is 0.205 e. The number of aromatic nitrogens is 1. The van der Waals surface area contributed by atoms with E-state index in [0.717, 1.165) is 10.9 Å². The van der Waals surface area contributed by atoms with Crippen molar-refractivity contribution in [3.63, 3.8) is 0 Å². The van der Waals surface area contributed by atoms with Gasteiger partial charge in [-0.05, 0) is 17.7 Å². The van der Waals surface area contributed by atoms with Crippen molar-refractivity contribution in [3.8, 4) is 11.8 Å². The fraction of sp³-hybridized carbons (Fsp3) is 0.0526. The molecule has 1 unspecified atom stereocenters. The van der Waals surface area contributed by atoms with Gasteiger partial charge in [-0.15, -0.1) is 0 Å². The topological polar surface area (TPSA) is 71.9 Å². The Balaban J connectivity index is 2.05. The highest BCUT2D eigenvalue weighted by Gasteiger charge is 2.33. The van der Waals surface area contributed by atoms with E-state index in [9.17, 15) is 5.26 Å². The van der Waals surface area contributed by atoms with Crippen LogP contribution in [0.25, 0.3) is 10.9 Å². The van der Waals surface area contributed by atoms with E-state index in [-0.39, 0.29) is 5.88 Å². The second kappa shape index (κ2) is 5.96. The molecule has 122 valence electrons. The second-order valence-corrected chi connectivity index (χ2v) is 6.41. The SMILES string of the molecule is N#CC1=C(N)Oc2c(ccc3cccnc23)C1c1cccc(Cl)c1Cl. The van der Waals surface area contributed by atoms with Crippen LogP contribution in [0.15, 0.2) is 60.1 Å². The highest BCUT2D eigenvalue weighted by atomic mass is 35.5. The number of nitrogens with two attached hydrogens (primary N) is 1. The summed E-state index contributed by atoms with van der Waals surface area (Å²) in [5.41, 5.74) is 8.50. The molecule has 0 spiro atoms. The van der Waals surface area contributed by atoms with Crippen LogP contribution in [-0.4, -0.2) is 4.98 Å². The van der Waals surface area contributed by atoms with E-state index in [4.69, 9.17) is 33.7 Å². The number of ether oxygens (including phenoxy) is 1. The number of halogens is 2. The van der Waals surface area contributed by atoms with Gasteiger partial charge in [0.25, 0.3) is 0 Å². The minimum absolute atomic E-state index is 0.0502. The van der Waals surface area contributed by atoms with Crippen LogP contribution in [0, 0.1) is 11.3 Å². The predicted octanol–water partition coefficient (Wildman–Crippen LogP) is 4.76. The highest BCUT2D eigenvalue weighted by Crippen LogP contribution is 2.47. The van der Waals surface area contributed by atoms with Crippen molar-refractivity contribution in [3.05, 3.63) is 81.3 Å². The molecular weight excluding hydrogens is 357 g/mol. The van der Waals surface area contributed by atoms with Gasteiger partial charge in [-0.1, -0.05) is 53.5 Å². The molecule has 1 aromatic heterocycles. The lowest BCUT2D eigenvalue weighted by Crippen LogP contribution is -2.21. The summed E-state index contributed by atoms with van der Waals surface area (Å²) < 4.78 is 5.77. The Morgan fingerprint density at radius 3 is 2.72 bits per heavy atom. The Kier molecular flexibility index (Phi) is 3.76. The number of nitrogens with zero attached hydrogens (tertiary/aromatic N) is 2. The van der Waals surface area contributed by atoms with Crippen LogP contribution in [0.1, 0.15) is 17.0 Å². The summed E-state index contributed by atoms with van der Waals surface area (Å²) in [5, 5.41) is 11.4. The number of pyridine rings is 1. The average Bonchev–Trinajstić information content (AvgIpc) is 2.63. The van der Waals surface area contributed by atoms with Crippen molar-refractivity contribution < 1.29 is 4.74 Å². The molecule has 1 aliphatic heterocycles. The molecule has 1 atom stereocenters. The fourth-order valence-electron chi connectivity index (χ4n) is 3.12. The third-order valence-electron chi connectivity index (χ3n) is 4.25. The zero-order valence-corrected chi connectivity index (χ0v) is 14.3. The van der Waals surface area contributed by atoms with Gasteiger partial charge < -0.3 is 10.5 Å². The molecule has 0 aliphatic carbocycles. The number of hydrogen-bond acceptors (Lipinski definition) is 4. The molecule has 6 heteroatoms. The molecule has 0 fully saturated rings. The summed E-state index contributed by atoms with van der Waals surface area (Å²) in [5.74, 6) is 0.121. The van der Waals surface area contributed by atoms with Gasteiger partial charge in [-0.3, -0.25) is 4.98 Å². The molecule has 3 aromatic rings. The minimum Gasteiger partial charge on any atom is -0.438 e. The van der Waals surface area contributed by atoms with Gasteiger partial charge in [0.05, 0.1) is 16.0 Å². The lowest BCUT2D eigenvalue weighted by molar-refractivity contribution is 0.397. The highest BCUT2D eigenvalue weighted by molar-refractivity contribution is 6.42. The van der Waals surface area contributed by atoms with Gasteiger partial charge in [0.1, 0.15) is 17.2 Å². The first-order chi connectivity index (χ1) is 12.1. The van der Waals surface area contributed by atoms with Crippen LogP contribution in [0.3, 0.4) is 0 Å². The van der Waals surface area contributed by atoms with E-state index in [1.807, 2.05) is 30.3 Å². The third kappa shape index (κ3) is 2.41. The first-order valence-corrected chi connectivity index (χ1v) is 8.26. The van der Waals surface area contributed by atoms with Crippen LogP contribution in [0.2, 0.25) is 10.0 Å². The van der Waals surface area contributed by atoms with Gasteiger partial charge in [0.15, 0.2) is 5.75 Å². The largest absolute Gasteiger partial charge is 0.438 e. The lowest BCUT2D eigenvalue weighted by atomic mass is 9.83. The van der Waals surface area contributed by atoms with E-state index in [0.29, 0.717) is 32.4 Å². The van der Waals surface area contributed by atoms with Crippen LogP contribution in [0.5, 0.6) is 5.75 Å². The predicted molar refractivity (Wildman–Crippen MR) is 97.5 cm³/mol. The maximum atomic E-state index is 9.63. The number of allylic oxidation sites excluding steroid dienone is 1. The summed E-state index contributed by atoms with van der Waals surface area (Å²) in [4.78, 5) is 4.40. The van der Waals surface area contributed by atoms with Crippen molar-refractivity contribution >= 4 is 34.1 Å². The Morgan fingerprint density at radius 2 is 1.92 bits per heavy atom. The first-order valence-electron chi connectivity index (χ1n) is 7.51. The van der Waals surface area contributed by atoms with E-state index < -0.39 is 5.92 Å². The smallest absolute Gasteiger partial charge is 0.205 e. The molecule has 4 rings (SSSR count). The summed E-state index contributed by atoms with van der Waals surface area (Å²) in [6.45, 7) is 0. The van der Waals surface area contributed by atoms with Gasteiger partial charge >= 0.3 is 0 Å². The molecule has 0 bridgehead atoms. The Bertz CT molecular complexity index is 1090. The zero-order valence-electron chi connectivity index (χ0n) is 12.8. The molecule has 2 heterocycles. The monoisotopic (exact) mass is 367 g/mol. The Morgan fingerprint density at radius 1 is 1.08 bits per heavy atom. The van der Waals surface area contributed by atoms with Crippen molar-refractivity contribution in [2.75, 3.05) is 0 Å². The molecule has 0 amide bonds. The molecule has 1 aliphatic rings. The van der Waals surface area contributed by atoms with E-state index in [1.54, 1.807) is 18.3 Å². The van der Waals surface area contributed by atoms with E-state index in [2.05, 4.69) is 11.1 Å². The van der Waals surface area contributed by atoms with E-state index >= 15 is 0 Å². The van der Waals surface area contributed by atoms with Gasteiger partial charge in [0, 0.05) is 17.1 Å². The van der Waals surface area contributed by atoms with E-state index in [1.165, 1.54) is 0 Å². The van der Waals surface area contributed by atoms with Crippen LogP contribution < -0.4 is 10.5 Å². The van der Waals surface area contributed by atoms with Crippen LogP contribution in [-0.2, 0) is 0 Å². The normalized spacial score (nSPS) is 16.3. The number of benzene rings is 2. The number of fused-ring (bicyclic) bond motifs is 3. The van der Waals surface area contributed by atoms with Gasteiger partial charge in [-0.25, -0.2) is 0 Å². The van der Waals surface area contributed by atoms with Gasteiger partial charge in [-0.2, -0.15) is 5.26 Å². The van der Waals surface area contributed by atoms with Crippen molar-refractivity contribution in [1.82, 2.24) is 4.98 Å². The van der Waals surface area contributed by atoms with Gasteiger partial charge in [0.2, 0.25) is 5.88 Å². The van der Waals surface area contributed by atoms with Crippen molar-refractivity contribution in [1.29, 1.82) is 5.26 Å². The first kappa shape index (κ1) is 15.8. The van der Waals surface area contributed by atoms with Crippen molar-refractivity contribution in [2.24, 2.45) is 5.73 Å². The molecule has 0 saturated heterocycles. The van der Waals surface area contributed by atoms with Crippen LogP contribution >= 0.6 is 23.2 Å².